The summed E-state index contributed by atoms with van der Waals surface area (Å²) < 4.78 is 5.35. The van der Waals surface area contributed by atoms with Crippen molar-refractivity contribution in [2.24, 2.45) is 0 Å². The molecule has 20 heavy (non-hydrogen) atoms. The summed E-state index contributed by atoms with van der Waals surface area (Å²) in [5, 5.41) is 11.8. The molecule has 1 aromatic carbocycles. The molecule has 1 saturated heterocycles. The Morgan fingerprint density at radius 1 is 1.45 bits per heavy atom. The SMILES string of the molecule is CCC1COCCN1C(=O)Nc1ccccc1C(=O)O. The number of hydrogen-bond acceptors (Lipinski definition) is 3. The lowest BCUT2D eigenvalue weighted by Crippen LogP contribution is -2.50. The van der Waals surface area contributed by atoms with E-state index in [0.717, 1.165) is 6.42 Å². The van der Waals surface area contributed by atoms with Crippen LogP contribution in [0.3, 0.4) is 0 Å². The first kappa shape index (κ1) is 14.3. The van der Waals surface area contributed by atoms with Crippen LogP contribution in [-0.2, 0) is 4.74 Å². The Hall–Kier alpha value is -2.08. The molecule has 2 N–H and O–H groups in total. The molecule has 1 aliphatic rings. The molecule has 2 amide bonds. The average Bonchev–Trinajstić information content (AvgIpc) is 2.47. The second-order valence-electron chi connectivity index (χ2n) is 4.61. The zero-order valence-corrected chi connectivity index (χ0v) is 11.3. The first-order chi connectivity index (χ1) is 9.63. The maximum atomic E-state index is 12.3. The lowest BCUT2D eigenvalue weighted by molar-refractivity contribution is 0.0144. The van der Waals surface area contributed by atoms with Gasteiger partial charge in [-0.2, -0.15) is 0 Å². The van der Waals surface area contributed by atoms with Gasteiger partial charge in [-0.05, 0) is 18.6 Å². The third kappa shape index (κ3) is 3.08. The van der Waals surface area contributed by atoms with Crippen LogP contribution in [0.5, 0.6) is 0 Å². The number of benzene rings is 1. The van der Waals surface area contributed by atoms with E-state index in [2.05, 4.69) is 5.32 Å². The molecule has 1 fully saturated rings. The highest BCUT2D eigenvalue weighted by Gasteiger charge is 2.26. The fraction of sp³-hybridized carbons (Fsp3) is 0.429. The Bertz CT molecular complexity index is 504. The summed E-state index contributed by atoms with van der Waals surface area (Å²) in [6, 6.07) is 6.12. The highest BCUT2D eigenvalue weighted by molar-refractivity contribution is 6.00. The standard InChI is InChI=1S/C14H18N2O4/c1-2-10-9-20-8-7-16(10)14(19)15-12-6-4-3-5-11(12)13(17)18/h3-6,10H,2,7-9H2,1H3,(H,15,19)(H,17,18). The topological polar surface area (TPSA) is 78.9 Å². The first-order valence-electron chi connectivity index (χ1n) is 6.61. The van der Waals surface area contributed by atoms with Crippen molar-refractivity contribution in [2.75, 3.05) is 25.1 Å². The third-order valence-electron chi connectivity index (χ3n) is 3.36. The summed E-state index contributed by atoms with van der Waals surface area (Å²) in [4.78, 5) is 25.1. The second kappa shape index (κ2) is 6.38. The van der Waals surface area contributed by atoms with Crippen LogP contribution >= 0.6 is 0 Å². The number of rotatable bonds is 3. The van der Waals surface area contributed by atoms with Gasteiger partial charge in [0.05, 0.1) is 30.5 Å². The van der Waals surface area contributed by atoms with E-state index < -0.39 is 5.97 Å². The fourth-order valence-electron chi connectivity index (χ4n) is 2.23. The number of carboxylic acids is 1. The maximum absolute atomic E-state index is 12.3. The smallest absolute Gasteiger partial charge is 0.337 e. The number of carbonyl (C=O) groups is 2. The summed E-state index contributed by atoms with van der Waals surface area (Å²) in [6.45, 7) is 3.53. The van der Waals surface area contributed by atoms with Crippen LogP contribution in [0, 0.1) is 0 Å². The minimum Gasteiger partial charge on any atom is -0.478 e. The molecule has 0 aromatic heterocycles. The molecule has 0 aliphatic carbocycles. The number of morpholine rings is 1. The number of carboxylic acid groups (broad SMARTS) is 1. The van der Waals surface area contributed by atoms with E-state index in [-0.39, 0.29) is 17.6 Å². The second-order valence-corrected chi connectivity index (χ2v) is 4.61. The van der Waals surface area contributed by atoms with E-state index in [9.17, 15) is 9.59 Å². The predicted molar refractivity (Wildman–Crippen MR) is 74.0 cm³/mol. The lowest BCUT2D eigenvalue weighted by Gasteiger charge is -2.35. The highest BCUT2D eigenvalue weighted by Crippen LogP contribution is 2.17. The Morgan fingerprint density at radius 2 is 2.20 bits per heavy atom. The monoisotopic (exact) mass is 278 g/mol. The molecule has 1 heterocycles. The van der Waals surface area contributed by atoms with Crippen LogP contribution in [0.15, 0.2) is 24.3 Å². The van der Waals surface area contributed by atoms with Crippen molar-refractivity contribution >= 4 is 17.7 Å². The molecule has 108 valence electrons. The van der Waals surface area contributed by atoms with E-state index in [1.807, 2.05) is 6.92 Å². The normalized spacial score (nSPS) is 18.6. The molecule has 6 heteroatoms. The number of ether oxygens (including phenoxy) is 1. The van der Waals surface area contributed by atoms with Gasteiger partial charge >= 0.3 is 12.0 Å². The van der Waals surface area contributed by atoms with E-state index in [4.69, 9.17) is 9.84 Å². The minimum absolute atomic E-state index is 0.0285. The number of hydrogen-bond donors (Lipinski definition) is 2. The van der Waals surface area contributed by atoms with Gasteiger partial charge in [-0.15, -0.1) is 0 Å². The van der Waals surface area contributed by atoms with Gasteiger partial charge in [0.15, 0.2) is 0 Å². The van der Waals surface area contributed by atoms with Gasteiger partial charge in [0.2, 0.25) is 0 Å². The predicted octanol–water partition coefficient (Wildman–Crippen LogP) is 2.03. The van der Waals surface area contributed by atoms with Crippen molar-refractivity contribution in [1.82, 2.24) is 4.90 Å². The Kier molecular flexibility index (Phi) is 4.57. The fourth-order valence-corrected chi connectivity index (χ4v) is 2.23. The van der Waals surface area contributed by atoms with E-state index in [0.29, 0.717) is 25.4 Å². The summed E-state index contributed by atoms with van der Waals surface area (Å²) >= 11 is 0. The molecule has 1 aromatic rings. The molecular weight excluding hydrogens is 260 g/mol. The quantitative estimate of drug-likeness (QED) is 0.886. The zero-order valence-electron chi connectivity index (χ0n) is 11.3. The van der Waals surface area contributed by atoms with Gasteiger partial charge < -0.3 is 20.1 Å². The summed E-state index contributed by atoms with van der Waals surface area (Å²) in [6.07, 6.45) is 0.800. The van der Waals surface area contributed by atoms with Gasteiger partial charge in [-0.25, -0.2) is 9.59 Å². The van der Waals surface area contributed by atoms with Crippen LogP contribution in [0.2, 0.25) is 0 Å². The lowest BCUT2D eigenvalue weighted by atomic mass is 10.1. The number of aromatic carboxylic acids is 1. The Labute approximate surface area is 117 Å². The molecule has 1 aliphatic heterocycles. The molecule has 0 spiro atoms. The highest BCUT2D eigenvalue weighted by atomic mass is 16.5. The maximum Gasteiger partial charge on any atom is 0.337 e. The number of anilines is 1. The minimum atomic E-state index is -1.06. The largest absolute Gasteiger partial charge is 0.478 e. The molecule has 0 bridgehead atoms. The van der Waals surface area contributed by atoms with Gasteiger partial charge in [-0.3, -0.25) is 0 Å². The van der Waals surface area contributed by atoms with Crippen LogP contribution in [0.1, 0.15) is 23.7 Å². The number of nitrogens with one attached hydrogen (secondary N) is 1. The van der Waals surface area contributed by atoms with Crippen LogP contribution in [0.25, 0.3) is 0 Å². The molecule has 6 nitrogen and oxygen atoms in total. The average molecular weight is 278 g/mol. The molecular formula is C14H18N2O4. The van der Waals surface area contributed by atoms with Gasteiger partial charge in [0.25, 0.3) is 0 Å². The van der Waals surface area contributed by atoms with Gasteiger partial charge in [-0.1, -0.05) is 19.1 Å². The molecule has 1 unspecified atom stereocenters. The van der Waals surface area contributed by atoms with Crippen molar-refractivity contribution in [3.63, 3.8) is 0 Å². The van der Waals surface area contributed by atoms with E-state index in [1.54, 1.807) is 23.1 Å². The van der Waals surface area contributed by atoms with Gasteiger partial charge in [0.1, 0.15) is 0 Å². The Morgan fingerprint density at radius 3 is 2.90 bits per heavy atom. The summed E-state index contributed by atoms with van der Waals surface area (Å²) in [5.74, 6) is -1.06. The molecule has 0 radical (unpaired) electrons. The number of amides is 2. The van der Waals surface area contributed by atoms with Crippen LogP contribution < -0.4 is 5.32 Å². The number of urea groups is 1. The summed E-state index contributed by atoms with van der Waals surface area (Å²) in [7, 11) is 0. The van der Waals surface area contributed by atoms with Crippen molar-refractivity contribution in [2.45, 2.75) is 19.4 Å². The molecule has 2 rings (SSSR count). The third-order valence-corrected chi connectivity index (χ3v) is 3.36. The Balaban J connectivity index is 2.13. The van der Waals surface area contributed by atoms with E-state index >= 15 is 0 Å². The van der Waals surface area contributed by atoms with E-state index in [1.165, 1.54) is 6.07 Å². The van der Waals surface area contributed by atoms with Crippen LogP contribution in [0.4, 0.5) is 10.5 Å². The molecule has 1 atom stereocenters. The van der Waals surface area contributed by atoms with Crippen molar-refractivity contribution in [3.8, 4) is 0 Å². The zero-order chi connectivity index (χ0) is 14.5. The molecule has 0 saturated carbocycles. The summed E-state index contributed by atoms with van der Waals surface area (Å²) in [5.41, 5.74) is 0.397. The van der Waals surface area contributed by atoms with Crippen LogP contribution in [-0.4, -0.2) is 47.8 Å². The number of para-hydroxylation sites is 1. The number of nitrogens with zero attached hydrogens (tertiary/aromatic N) is 1. The van der Waals surface area contributed by atoms with Crippen molar-refractivity contribution in [1.29, 1.82) is 0 Å². The van der Waals surface area contributed by atoms with Crippen molar-refractivity contribution in [3.05, 3.63) is 29.8 Å². The first-order valence-corrected chi connectivity index (χ1v) is 6.61. The van der Waals surface area contributed by atoms with Gasteiger partial charge in [0, 0.05) is 6.54 Å². The number of carbonyl (C=O) groups excluding carboxylic acids is 1. The van der Waals surface area contributed by atoms with Crippen molar-refractivity contribution < 1.29 is 19.4 Å².